The van der Waals surface area contributed by atoms with E-state index in [9.17, 15) is 0 Å². The molecule has 1 atom stereocenters. The number of rotatable bonds is 9. The third kappa shape index (κ3) is 5.23. The van der Waals surface area contributed by atoms with Gasteiger partial charge in [0, 0.05) is 24.4 Å². The fourth-order valence-electron chi connectivity index (χ4n) is 2.22. The van der Waals surface area contributed by atoms with Gasteiger partial charge in [-0.15, -0.1) is 11.3 Å². The second-order valence-electron chi connectivity index (χ2n) is 4.99. The molecule has 114 valence electrons. The lowest BCUT2D eigenvalue weighted by Crippen LogP contribution is -2.24. The van der Waals surface area contributed by atoms with Gasteiger partial charge in [0.25, 0.3) is 0 Å². The summed E-state index contributed by atoms with van der Waals surface area (Å²) in [5.74, 6) is 0. The Morgan fingerprint density at radius 2 is 2.05 bits per heavy atom. The molecule has 1 unspecified atom stereocenters. The lowest BCUT2D eigenvalue weighted by atomic mass is 10.0. The van der Waals surface area contributed by atoms with Gasteiger partial charge in [0.1, 0.15) is 5.01 Å². The van der Waals surface area contributed by atoms with Gasteiger partial charge in [-0.05, 0) is 25.5 Å². The molecule has 0 fully saturated rings. The molecule has 1 aromatic carbocycles. The van der Waals surface area contributed by atoms with Gasteiger partial charge in [0.15, 0.2) is 0 Å². The third-order valence-electron chi connectivity index (χ3n) is 3.28. The Balaban J connectivity index is 2.02. The van der Waals surface area contributed by atoms with Crippen LogP contribution in [0, 0.1) is 0 Å². The van der Waals surface area contributed by atoms with Gasteiger partial charge in [-0.1, -0.05) is 37.3 Å². The van der Waals surface area contributed by atoms with Crippen molar-refractivity contribution in [3.63, 3.8) is 0 Å². The number of nitrogens with zero attached hydrogens (tertiary/aromatic N) is 1. The summed E-state index contributed by atoms with van der Waals surface area (Å²) in [7, 11) is 0. The Labute approximate surface area is 131 Å². The van der Waals surface area contributed by atoms with Crippen LogP contribution in [0.25, 0.3) is 0 Å². The summed E-state index contributed by atoms with van der Waals surface area (Å²) in [4.78, 5) is 4.67. The number of hydrogen-bond donors (Lipinski definition) is 1. The standard InChI is InChI=1S/C17H24N2OS/c1-3-10-18-16(14-8-6-5-7-9-14)11-15-13-21-17(19-15)12-20-4-2/h5-9,13,16,18H,3-4,10-12H2,1-2H3. The van der Waals surface area contributed by atoms with Gasteiger partial charge in [0.2, 0.25) is 0 Å². The molecule has 3 nitrogen and oxygen atoms in total. The minimum absolute atomic E-state index is 0.327. The van der Waals surface area contributed by atoms with Crippen LogP contribution in [0.2, 0.25) is 0 Å². The van der Waals surface area contributed by atoms with Gasteiger partial charge < -0.3 is 10.1 Å². The SMILES string of the molecule is CCCNC(Cc1csc(COCC)n1)c1ccccc1. The van der Waals surface area contributed by atoms with Crippen LogP contribution >= 0.6 is 11.3 Å². The van der Waals surface area contributed by atoms with Crippen LogP contribution in [0.15, 0.2) is 35.7 Å². The topological polar surface area (TPSA) is 34.1 Å². The lowest BCUT2D eigenvalue weighted by Gasteiger charge is -2.18. The molecule has 1 aromatic heterocycles. The van der Waals surface area contributed by atoms with E-state index in [0.29, 0.717) is 12.6 Å². The third-order valence-corrected chi connectivity index (χ3v) is 4.16. The van der Waals surface area contributed by atoms with E-state index in [1.165, 1.54) is 5.56 Å². The molecule has 0 saturated carbocycles. The van der Waals surface area contributed by atoms with E-state index in [4.69, 9.17) is 4.74 Å². The first-order chi connectivity index (χ1) is 10.3. The molecule has 21 heavy (non-hydrogen) atoms. The van der Waals surface area contributed by atoms with Crippen LogP contribution in [0.5, 0.6) is 0 Å². The predicted molar refractivity (Wildman–Crippen MR) is 88.6 cm³/mol. The van der Waals surface area contributed by atoms with E-state index in [1.807, 2.05) is 6.92 Å². The number of hydrogen-bond acceptors (Lipinski definition) is 4. The van der Waals surface area contributed by atoms with Crippen LogP contribution < -0.4 is 5.32 Å². The van der Waals surface area contributed by atoms with Crippen molar-refractivity contribution in [3.8, 4) is 0 Å². The monoisotopic (exact) mass is 304 g/mol. The largest absolute Gasteiger partial charge is 0.375 e. The van der Waals surface area contributed by atoms with Crippen LogP contribution in [0.3, 0.4) is 0 Å². The van der Waals surface area contributed by atoms with Crippen LogP contribution in [0.1, 0.15) is 42.6 Å². The van der Waals surface area contributed by atoms with Gasteiger partial charge in [-0.3, -0.25) is 0 Å². The maximum atomic E-state index is 5.42. The second-order valence-corrected chi connectivity index (χ2v) is 5.93. The Hall–Kier alpha value is -1.23. The van der Waals surface area contributed by atoms with E-state index >= 15 is 0 Å². The molecular weight excluding hydrogens is 280 g/mol. The Bertz CT molecular complexity index is 513. The summed E-state index contributed by atoms with van der Waals surface area (Å²) >= 11 is 1.69. The van der Waals surface area contributed by atoms with Gasteiger partial charge in [-0.25, -0.2) is 4.98 Å². The fraction of sp³-hybridized carbons (Fsp3) is 0.471. The normalized spacial score (nSPS) is 12.5. The minimum atomic E-state index is 0.327. The molecule has 0 aliphatic carbocycles. The highest BCUT2D eigenvalue weighted by Gasteiger charge is 2.13. The molecule has 0 aliphatic rings. The first kappa shape index (κ1) is 16.1. The molecule has 1 heterocycles. The molecule has 2 aromatic rings. The van der Waals surface area contributed by atoms with Crippen molar-refractivity contribution in [1.29, 1.82) is 0 Å². The summed E-state index contributed by atoms with van der Waals surface area (Å²) in [6.45, 7) is 6.58. The number of benzene rings is 1. The van der Waals surface area contributed by atoms with Crippen LogP contribution in [-0.4, -0.2) is 18.1 Å². The molecule has 0 spiro atoms. The highest BCUT2D eigenvalue weighted by Crippen LogP contribution is 2.20. The summed E-state index contributed by atoms with van der Waals surface area (Å²) in [6.07, 6.45) is 2.06. The van der Waals surface area contributed by atoms with Gasteiger partial charge in [0.05, 0.1) is 12.3 Å². The Morgan fingerprint density at radius 3 is 2.76 bits per heavy atom. The van der Waals surface area contributed by atoms with E-state index in [-0.39, 0.29) is 0 Å². The van der Waals surface area contributed by atoms with Crippen molar-refractivity contribution >= 4 is 11.3 Å². The van der Waals surface area contributed by atoms with Crippen molar-refractivity contribution in [2.75, 3.05) is 13.2 Å². The number of nitrogens with one attached hydrogen (secondary N) is 1. The first-order valence-corrected chi connectivity index (χ1v) is 8.50. The Kier molecular flexibility index (Phi) is 6.86. The quantitative estimate of drug-likeness (QED) is 0.761. The van der Waals surface area contributed by atoms with Crippen molar-refractivity contribution in [1.82, 2.24) is 10.3 Å². The predicted octanol–water partition coefficient (Wildman–Crippen LogP) is 3.96. The zero-order valence-corrected chi connectivity index (χ0v) is 13.7. The minimum Gasteiger partial charge on any atom is -0.375 e. The van der Waals surface area contributed by atoms with Crippen LogP contribution in [0.4, 0.5) is 0 Å². The molecule has 2 rings (SSSR count). The van der Waals surface area contributed by atoms with Crippen molar-refractivity contribution in [3.05, 3.63) is 52.0 Å². The van der Waals surface area contributed by atoms with E-state index in [0.717, 1.165) is 36.7 Å². The Morgan fingerprint density at radius 1 is 1.24 bits per heavy atom. The highest BCUT2D eigenvalue weighted by atomic mass is 32.1. The number of ether oxygens (including phenoxy) is 1. The lowest BCUT2D eigenvalue weighted by molar-refractivity contribution is 0.133. The zero-order chi connectivity index (χ0) is 14.9. The fourth-order valence-corrected chi connectivity index (χ4v) is 2.96. The molecule has 0 aliphatic heterocycles. The van der Waals surface area contributed by atoms with E-state index in [1.54, 1.807) is 11.3 Å². The van der Waals surface area contributed by atoms with Crippen molar-refractivity contribution in [2.45, 2.75) is 39.3 Å². The molecule has 0 amide bonds. The highest BCUT2D eigenvalue weighted by molar-refractivity contribution is 7.09. The average molecular weight is 304 g/mol. The molecular formula is C17H24N2OS. The first-order valence-electron chi connectivity index (χ1n) is 7.62. The average Bonchev–Trinajstić information content (AvgIpc) is 2.97. The molecule has 0 radical (unpaired) electrons. The van der Waals surface area contributed by atoms with Crippen molar-refractivity contribution < 1.29 is 4.74 Å². The number of thiazole rings is 1. The molecule has 0 saturated heterocycles. The summed E-state index contributed by atoms with van der Waals surface area (Å²) in [5.41, 5.74) is 2.47. The summed E-state index contributed by atoms with van der Waals surface area (Å²) < 4.78 is 5.42. The maximum Gasteiger partial charge on any atom is 0.119 e. The molecule has 0 bridgehead atoms. The van der Waals surface area contributed by atoms with Crippen molar-refractivity contribution in [2.24, 2.45) is 0 Å². The van der Waals surface area contributed by atoms with E-state index < -0.39 is 0 Å². The zero-order valence-electron chi connectivity index (χ0n) is 12.8. The molecule has 4 heteroatoms. The van der Waals surface area contributed by atoms with Gasteiger partial charge in [-0.2, -0.15) is 0 Å². The summed E-state index contributed by atoms with van der Waals surface area (Å²) in [5, 5.41) is 6.83. The molecule has 1 N–H and O–H groups in total. The second kappa shape index (κ2) is 8.93. The summed E-state index contributed by atoms with van der Waals surface area (Å²) in [6, 6.07) is 10.9. The smallest absolute Gasteiger partial charge is 0.119 e. The van der Waals surface area contributed by atoms with Crippen LogP contribution in [-0.2, 0) is 17.8 Å². The van der Waals surface area contributed by atoms with E-state index in [2.05, 4.69) is 52.9 Å². The number of aromatic nitrogens is 1. The maximum absolute atomic E-state index is 5.42. The van der Waals surface area contributed by atoms with Gasteiger partial charge >= 0.3 is 0 Å².